The molecule has 88 valence electrons. The van der Waals surface area contributed by atoms with E-state index in [-0.39, 0.29) is 16.4 Å². The number of rotatable bonds is 3. The minimum atomic E-state index is -3.10. The summed E-state index contributed by atoms with van der Waals surface area (Å²) < 4.78 is 24.9. The Morgan fingerprint density at radius 2 is 2.25 bits per heavy atom. The molecule has 1 aromatic rings. The normalized spacial score (nSPS) is 24.3. The molecule has 0 unspecified atom stereocenters. The first-order chi connectivity index (χ1) is 7.49. The molecular weight excluding hydrogens is 226 g/mol. The van der Waals surface area contributed by atoms with Crippen LogP contribution in [0.25, 0.3) is 0 Å². The van der Waals surface area contributed by atoms with Crippen molar-refractivity contribution in [3.05, 3.63) is 11.9 Å². The molecule has 0 saturated heterocycles. The molecule has 0 spiro atoms. The molecule has 0 amide bonds. The first kappa shape index (κ1) is 10.3. The maximum absolute atomic E-state index is 11.6. The van der Waals surface area contributed by atoms with Gasteiger partial charge in [0.05, 0.1) is 11.4 Å². The molecule has 16 heavy (non-hydrogen) atoms. The van der Waals surface area contributed by atoms with Crippen LogP contribution in [0.5, 0.6) is 0 Å². The average molecular weight is 241 g/mol. The highest BCUT2D eigenvalue weighted by Gasteiger charge is 2.38. The van der Waals surface area contributed by atoms with Crippen LogP contribution in [0.15, 0.2) is 11.4 Å². The summed E-state index contributed by atoms with van der Waals surface area (Å²) in [6.45, 7) is 0.540. The Morgan fingerprint density at radius 1 is 1.50 bits per heavy atom. The van der Waals surface area contributed by atoms with Crippen molar-refractivity contribution >= 4 is 9.84 Å². The molecule has 5 nitrogen and oxygen atoms in total. The first-order valence-electron chi connectivity index (χ1n) is 5.56. The second kappa shape index (κ2) is 3.07. The number of nitrogens with zero attached hydrogens (tertiary/aromatic N) is 2. The number of nitrogens with two attached hydrogens (primary N) is 1. The largest absolute Gasteiger partial charge is 0.325 e. The van der Waals surface area contributed by atoms with Gasteiger partial charge in [0.1, 0.15) is 0 Å². The summed E-state index contributed by atoms with van der Waals surface area (Å²) >= 11 is 0. The Morgan fingerprint density at radius 3 is 2.88 bits per heavy atom. The van der Waals surface area contributed by atoms with Crippen LogP contribution < -0.4 is 5.73 Å². The third-order valence-corrected chi connectivity index (χ3v) is 5.04. The van der Waals surface area contributed by atoms with Gasteiger partial charge < -0.3 is 10.3 Å². The van der Waals surface area contributed by atoms with Crippen molar-refractivity contribution in [2.45, 2.75) is 42.9 Å². The first-order valence-corrected chi connectivity index (χ1v) is 7.22. The highest BCUT2D eigenvalue weighted by molar-refractivity contribution is 7.91. The predicted molar refractivity (Wildman–Crippen MR) is 58.8 cm³/mol. The van der Waals surface area contributed by atoms with Crippen molar-refractivity contribution in [1.29, 1.82) is 0 Å². The zero-order valence-corrected chi connectivity index (χ0v) is 9.83. The van der Waals surface area contributed by atoms with E-state index in [1.165, 1.54) is 0 Å². The summed E-state index contributed by atoms with van der Waals surface area (Å²) in [7, 11) is -3.10. The zero-order chi connectivity index (χ0) is 11.4. The van der Waals surface area contributed by atoms with Crippen LogP contribution >= 0.6 is 0 Å². The molecule has 0 bridgehead atoms. The summed E-state index contributed by atoms with van der Waals surface area (Å²) in [5.74, 6) is 0.191. The molecule has 0 aromatic carbocycles. The van der Waals surface area contributed by atoms with Gasteiger partial charge in [0.25, 0.3) is 0 Å². The Hall–Kier alpha value is -0.880. The van der Waals surface area contributed by atoms with Crippen molar-refractivity contribution in [3.8, 4) is 0 Å². The summed E-state index contributed by atoms with van der Waals surface area (Å²) in [6, 6.07) is 0. The van der Waals surface area contributed by atoms with E-state index < -0.39 is 9.84 Å². The standard InChI is InChI=1S/C10H15N3O2S/c11-10(3-4-10)2-1-8-7-13-5-6-16(14,15)9(13)12-8/h7H,1-6,11H2. The lowest BCUT2D eigenvalue weighted by Crippen LogP contribution is -2.22. The average Bonchev–Trinajstić information content (AvgIpc) is 2.72. The molecular formula is C10H15N3O2S. The molecule has 3 rings (SSSR count). The fraction of sp³-hybridized carbons (Fsp3) is 0.700. The van der Waals surface area contributed by atoms with E-state index in [1.54, 1.807) is 4.57 Å². The van der Waals surface area contributed by atoms with Gasteiger partial charge in [-0.25, -0.2) is 13.4 Å². The van der Waals surface area contributed by atoms with E-state index in [9.17, 15) is 8.42 Å². The molecule has 0 atom stereocenters. The fourth-order valence-corrected chi connectivity index (χ4v) is 3.45. The summed E-state index contributed by atoms with van der Waals surface area (Å²) in [5.41, 5.74) is 6.85. The van der Waals surface area contributed by atoms with Crippen LogP contribution in [0, 0.1) is 0 Å². The molecule has 1 aromatic heterocycles. The van der Waals surface area contributed by atoms with Crippen LogP contribution in [-0.4, -0.2) is 29.3 Å². The van der Waals surface area contributed by atoms with Gasteiger partial charge in [-0.3, -0.25) is 0 Å². The number of aryl methyl sites for hydroxylation is 2. The van der Waals surface area contributed by atoms with Gasteiger partial charge in [0.2, 0.25) is 15.0 Å². The Labute approximate surface area is 94.6 Å². The van der Waals surface area contributed by atoms with E-state index in [1.807, 2.05) is 6.20 Å². The second-order valence-corrected chi connectivity index (χ2v) is 6.89. The summed E-state index contributed by atoms with van der Waals surface area (Å²) in [4.78, 5) is 4.19. The van der Waals surface area contributed by atoms with Crippen molar-refractivity contribution in [1.82, 2.24) is 9.55 Å². The van der Waals surface area contributed by atoms with Gasteiger partial charge in [0.15, 0.2) is 0 Å². The van der Waals surface area contributed by atoms with Crippen molar-refractivity contribution in [2.75, 3.05) is 5.75 Å². The van der Waals surface area contributed by atoms with Crippen molar-refractivity contribution in [3.63, 3.8) is 0 Å². The lowest BCUT2D eigenvalue weighted by Gasteiger charge is -2.05. The van der Waals surface area contributed by atoms with Gasteiger partial charge >= 0.3 is 0 Å². The fourth-order valence-electron chi connectivity index (χ4n) is 2.08. The highest BCUT2D eigenvalue weighted by Crippen LogP contribution is 2.36. The molecule has 0 radical (unpaired) electrons. The van der Waals surface area contributed by atoms with E-state index in [0.29, 0.717) is 6.54 Å². The predicted octanol–water partition coefficient (Wildman–Crippen LogP) is 0.0943. The Bertz CT molecular complexity index is 528. The number of hydrogen-bond donors (Lipinski definition) is 1. The van der Waals surface area contributed by atoms with Crippen LogP contribution in [0.1, 0.15) is 25.0 Å². The van der Waals surface area contributed by atoms with E-state index in [4.69, 9.17) is 5.73 Å². The lowest BCUT2D eigenvalue weighted by molar-refractivity contribution is 0.591. The summed E-state index contributed by atoms with van der Waals surface area (Å²) in [5, 5.41) is 0.240. The van der Waals surface area contributed by atoms with Gasteiger partial charge in [-0.15, -0.1) is 0 Å². The van der Waals surface area contributed by atoms with E-state index >= 15 is 0 Å². The Balaban J connectivity index is 1.78. The van der Waals surface area contributed by atoms with Crippen LogP contribution in [-0.2, 0) is 22.8 Å². The number of fused-ring (bicyclic) bond motifs is 1. The maximum Gasteiger partial charge on any atom is 0.227 e. The smallest absolute Gasteiger partial charge is 0.227 e. The van der Waals surface area contributed by atoms with Crippen molar-refractivity contribution < 1.29 is 8.42 Å². The third kappa shape index (κ3) is 1.66. The van der Waals surface area contributed by atoms with E-state index in [2.05, 4.69) is 4.98 Å². The van der Waals surface area contributed by atoms with Gasteiger partial charge in [0, 0.05) is 18.3 Å². The topological polar surface area (TPSA) is 78.0 Å². The monoisotopic (exact) mass is 241 g/mol. The molecule has 1 aliphatic heterocycles. The quantitative estimate of drug-likeness (QED) is 0.813. The molecule has 1 aliphatic carbocycles. The number of imidazole rings is 1. The molecule has 2 aliphatic rings. The molecule has 2 heterocycles. The van der Waals surface area contributed by atoms with Gasteiger partial charge in [-0.05, 0) is 25.7 Å². The minimum absolute atomic E-state index is 0.00688. The highest BCUT2D eigenvalue weighted by atomic mass is 32.2. The minimum Gasteiger partial charge on any atom is -0.325 e. The van der Waals surface area contributed by atoms with E-state index in [0.717, 1.165) is 31.4 Å². The summed E-state index contributed by atoms with van der Waals surface area (Å²) in [6.07, 6.45) is 5.71. The second-order valence-electron chi connectivity index (χ2n) is 4.89. The molecule has 6 heteroatoms. The van der Waals surface area contributed by atoms with Crippen LogP contribution in [0.2, 0.25) is 0 Å². The molecule has 1 fully saturated rings. The number of aromatic nitrogens is 2. The van der Waals surface area contributed by atoms with Gasteiger partial charge in [-0.2, -0.15) is 0 Å². The van der Waals surface area contributed by atoms with Crippen LogP contribution in [0.3, 0.4) is 0 Å². The SMILES string of the molecule is NC1(CCc2cn3c(n2)S(=O)(=O)CC3)CC1. The number of sulfone groups is 1. The third-order valence-electron chi connectivity index (χ3n) is 3.44. The van der Waals surface area contributed by atoms with Crippen molar-refractivity contribution in [2.24, 2.45) is 5.73 Å². The Kier molecular flexibility index (Phi) is 1.98. The maximum atomic E-state index is 11.6. The zero-order valence-electron chi connectivity index (χ0n) is 9.02. The number of hydrogen-bond acceptors (Lipinski definition) is 4. The molecule has 1 saturated carbocycles. The van der Waals surface area contributed by atoms with Crippen LogP contribution in [0.4, 0.5) is 0 Å². The molecule has 2 N–H and O–H groups in total. The lowest BCUT2D eigenvalue weighted by atomic mass is 10.1. The van der Waals surface area contributed by atoms with Gasteiger partial charge in [-0.1, -0.05) is 0 Å².